The van der Waals surface area contributed by atoms with Crippen molar-refractivity contribution in [2.75, 3.05) is 23.9 Å². The van der Waals surface area contributed by atoms with Crippen molar-refractivity contribution in [3.8, 4) is 0 Å². The van der Waals surface area contributed by atoms with E-state index in [-0.39, 0.29) is 12.0 Å². The van der Waals surface area contributed by atoms with Gasteiger partial charge in [-0.3, -0.25) is 0 Å². The van der Waals surface area contributed by atoms with Gasteiger partial charge < -0.3 is 15.8 Å². The molecule has 0 radical (unpaired) electrons. The van der Waals surface area contributed by atoms with E-state index < -0.39 is 0 Å². The van der Waals surface area contributed by atoms with E-state index in [1.165, 1.54) is 6.33 Å². The molecule has 0 atom stereocenters. The molecular formula is C13H25N5O. The second-order valence-corrected chi connectivity index (χ2v) is 5.39. The van der Waals surface area contributed by atoms with E-state index in [9.17, 15) is 0 Å². The van der Waals surface area contributed by atoms with E-state index in [0.29, 0.717) is 5.82 Å². The summed E-state index contributed by atoms with van der Waals surface area (Å²) in [4.78, 5) is 8.38. The molecule has 0 saturated carbocycles. The SMILES string of the molecule is CCc1c(NN)ncnc1NCC(C)(C)CCCO. The zero-order valence-electron chi connectivity index (χ0n) is 12.0. The van der Waals surface area contributed by atoms with Crippen LogP contribution >= 0.6 is 0 Å². The molecule has 0 bridgehead atoms. The van der Waals surface area contributed by atoms with Crippen molar-refractivity contribution in [1.29, 1.82) is 0 Å². The minimum Gasteiger partial charge on any atom is -0.396 e. The van der Waals surface area contributed by atoms with E-state index in [0.717, 1.165) is 37.2 Å². The maximum atomic E-state index is 8.90. The zero-order valence-corrected chi connectivity index (χ0v) is 12.0. The Hall–Kier alpha value is -1.40. The Morgan fingerprint density at radius 1 is 1.32 bits per heavy atom. The Morgan fingerprint density at radius 2 is 2.00 bits per heavy atom. The van der Waals surface area contributed by atoms with Gasteiger partial charge in [-0.05, 0) is 24.7 Å². The lowest BCUT2D eigenvalue weighted by atomic mass is 9.88. The van der Waals surface area contributed by atoms with Crippen LogP contribution in [0.5, 0.6) is 0 Å². The van der Waals surface area contributed by atoms with Crippen molar-refractivity contribution in [3.05, 3.63) is 11.9 Å². The lowest BCUT2D eigenvalue weighted by Gasteiger charge is -2.25. The highest BCUT2D eigenvalue weighted by molar-refractivity contribution is 5.56. The summed E-state index contributed by atoms with van der Waals surface area (Å²) in [5.74, 6) is 6.93. The van der Waals surface area contributed by atoms with Gasteiger partial charge in [-0.25, -0.2) is 15.8 Å². The fraction of sp³-hybridized carbons (Fsp3) is 0.692. The average molecular weight is 267 g/mol. The number of nitrogen functional groups attached to an aromatic ring is 1. The molecule has 0 amide bonds. The number of nitrogens with zero attached hydrogens (tertiary/aromatic N) is 2. The molecule has 6 nitrogen and oxygen atoms in total. The highest BCUT2D eigenvalue weighted by Crippen LogP contribution is 2.25. The molecule has 19 heavy (non-hydrogen) atoms. The van der Waals surface area contributed by atoms with Gasteiger partial charge in [0.2, 0.25) is 0 Å². The second kappa shape index (κ2) is 7.25. The first-order valence-corrected chi connectivity index (χ1v) is 6.69. The monoisotopic (exact) mass is 267 g/mol. The van der Waals surface area contributed by atoms with Gasteiger partial charge in [-0.2, -0.15) is 0 Å². The third-order valence-corrected chi connectivity index (χ3v) is 3.18. The van der Waals surface area contributed by atoms with Gasteiger partial charge in [0.1, 0.15) is 18.0 Å². The number of nitrogens with two attached hydrogens (primary N) is 1. The Balaban J connectivity index is 2.72. The first kappa shape index (κ1) is 15.7. The number of aliphatic hydroxyl groups is 1. The third kappa shape index (κ3) is 4.65. The smallest absolute Gasteiger partial charge is 0.148 e. The molecule has 108 valence electrons. The van der Waals surface area contributed by atoms with E-state index in [1.54, 1.807) is 0 Å². The highest BCUT2D eigenvalue weighted by atomic mass is 16.2. The Morgan fingerprint density at radius 3 is 2.58 bits per heavy atom. The molecule has 0 unspecified atom stereocenters. The lowest BCUT2D eigenvalue weighted by molar-refractivity contribution is 0.248. The number of anilines is 2. The summed E-state index contributed by atoms with van der Waals surface area (Å²) >= 11 is 0. The van der Waals surface area contributed by atoms with E-state index in [2.05, 4.69) is 34.6 Å². The second-order valence-electron chi connectivity index (χ2n) is 5.39. The van der Waals surface area contributed by atoms with Gasteiger partial charge in [0.05, 0.1) is 0 Å². The lowest BCUT2D eigenvalue weighted by Crippen LogP contribution is -2.25. The zero-order chi connectivity index (χ0) is 14.3. The predicted molar refractivity (Wildman–Crippen MR) is 77.8 cm³/mol. The molecule has 1 heterocycles. The number of hydrogen-bond donors (Lipinski definition) is 4. The van der Waals surface area contributed by atoms with Crippen LogP contribution in [0.3, 0.4) is 0 Å². The van der Waals surface area contributed by atoms with Crippen molar-refractivity contribution in [2.45, 2.75) is 40.0 Å². The molecule has 0 aliphatic rings. The number of nitrogens with one attached hydrogen (secondary N) is 2. The maximum Gasteiger partial charge on any atom is 0.148 e. The fourth-order valence-corrected chi connectivity index (χ4v) is 1.99. The summed E-state index contributed by atoms with van der Waals surface area (Å²) in [5.41, 5.74) is 3.69. The van der Waals surface area contributed by atoms with Crippen LogP contribution in [0.25, 0.3) is 0 Å². The van der Waals surface area contributed by atoms with Crippen LogP contribution in [0.2, 0.25) is 0 Å². The average Bonchev–Trinajstić information content (AvgIpc) is 2.42. The Bertz CT molecular complexity index is 395. The summed E-state index contributed by atoms with van der Waals surface area (Å²) in [6.45, 7) is 7.41. The van der Waals surface area contributed by atoms with Gasteiger partial charge >= 0.3 is 0 Å². The highest BCUT2D eigenvalue weighted by Gasteiger charge is 2.18. The van der Waals surface area contributed by atoms with Crippen molar-refractivity contribution in [3.63, 3.8) is 0 Å². The number of hydrazine groups is 1. The molecule has 1 aromatic heterocycles. The normalized spacial score (nSPS) is 11.4. The summed E-state index contributed by atoms with van der Waals surface area (Å²) in [5, 5.41) is 12.3. The van der Waals surface area contributed by atoms with Crippen LogP contribution in [-0.4, -0.2) is 28.2 Å². The number of rotatable bonds is 8. The summed E-state index contributed by atoms with van der Waals surface area (Å²) in [7, 11) is 0. The summed E-state index contributed by atoms with van der Waals surface area (Å²) in [6.07, 6.45) is 4.08. The quantitative estimate of drug-likeness (QED) is 0.421. The van der Waals surface area contributed by atoms with Crippen LogP contribution in [0.1, 0.15) is 39.2 Å². The number of aliphatic hydroxyl groups excluding tert-OH is 1. The fourth-order valence-electron chi connectivity index (χ4n) is 1.99. The Labute approximate surface area is 114 Å². The predicted octanol–water partition coefficient (Wildman–Crippen LogP) is 1.54. The van der Waals surface area contributed by atoms with Crippen molar-refractivity contribution >= 4 is 11.6 Å². The first-order chi connectivity index (χ1) is 9.04. The van der Waals surface area contributed by atoms with Gasteiger partial charge in [0, 0.05) is 18.7 Å². The van der Waals surface area contributed by atoms with E-state index in [4.69, 9.17) is 10.9 Å². The molecule has 1 aromatic rings. The van der Waals surface area contributed by atoms with Gasteiger partial charge in [0.25, 0.3) is 0 Å². The van der Waals surface area contributed by atoms with Crippen LogP contribution in [0, 0.1) is 5.41 Å². The first-order valence-electron chi connectivity index (χ1n) is 6.69. The summed E-state index contributed by atoms with van der Waals surface area (Å²) < 4.78 is 0. The van der Waals surface area contributed by atoms with Crippen LogP contribution in [-0.2, 0) is 6.42 Å². The molecule has 0 saturated heterocycles. The molecule has 0 aliphatic heterocycles. The molecular weight excluding hydrogens is 242 g/mol. The molecule has 1 rings (SSSR count). The topological polar surface area (TPSA) is 96.1 Å². The standard InChI is InChI=1S/C13H25N5O/c1-4-10-11(16-9-17-12(10)18-14)15-8-13(2,3)6-5-7-19/h9,19H,4-8,14H2,1-3H3,(H2,15,16,17,18). The van der Waals surface area contributed by atoms with Gasteiger partial charge in [-0.1, -0.05) is 20.8 Å². The van der Waals surface area contributed by atoms with Crippen LogP contribution < -0.4 is 16.6 Å². The van der Waals surface area contributed by atoms with Crippen molar-refractivity contribution < 1.29 is 5.11 Å². The molecule has 0 aliphatic carbocycles. The van der Waals surface area contributed by atoms with Crippen LogP contribution in [0.15, 0.2) is 6.33 Å². The minimum atomic E-state index is 0.106. The molecule has 0 spiro atoms. The maximum absolute atomic E-state index is 8.90. The third-order valence-electron chi connectivity index (χ3n) is 3.18. The summed E-state index contributed by atoms with van der Waals surface area (Å²) in [6, 6.07) is 0. The molecule has 0 aromatic carbocycles. The largest absolute Gasteiger partial charge is 0.396 e. The minimum absolute atomic E-state index is 0.106. The molecule has 6 heteroatoms. The van der Waals surface area contributed by atoms with Crippen molar-refractivity contribution in [1.82, 2.24) is 9.97 Å². The van der Waals surface area contributed by atoms with Gasteiger partial charge in [-0.15, -0.1) is 0 Å². The van der Waals surface area contributed by atoms with Crippen molar-refractivity contribution in [2.24, 2.45) is 11.3 Å². The number of hydrogen-bond acceptors (Lipinski definition) is 6. The molecule has 5 N–H and O–H groups in total. The van der Waals surface area contributed by atoms with E-state index in [1.807, 2.05) is 6.92 Å². The Kier molecular flexibility index (Phi) is 5.98. The van der Waals surface area contributed by atoms with Gasteiger partial charge in [0.15, 0.2) is 0 Å². The van der Waals surface area contributed by atoms with Crippen LogP contribution in [0.4, 0.5) is 11.6 Å². The number of aromatic nitrogens is 2. The van der Waals surface area contributed by atoms with E-state index >= 15 is 0 Å². The molecule has 0 fully saturated rings.